The van der Waals surface area contributed by atoms with Gasteiger partial charge in [0.2, 0.25) is 0 Å². The summed E-state index contributed by atoms with van der Waals surface area (Å²) in [6.45, 7) is 6.42. The Morgan fingerprint density at radius 2 is 1.95 bits per heavy atom. The van der Waals surface area contributed by atoms with E-state index in [1.54, 1.807) is 31.8 Å². The number of unbranched alkanes of at least 4 members (excludes halogenated alkanes) is 1. The maximum atomic E-state index is 12.6. The van der Waals surface area contributed by atoms with Crippen molar-refractivity contribution in [3.63, 3.8) is 0 Å². The number of aromatic nitrogens is 4. The van der Waals surface area contributed by atoms with E-state index in [4.69, 9.17) is 0 Å². The Hall–Kier alpha value is -1.89. The van der Waals surface area contributed by atoms with Gasteiger partial charge in [0, 0.05) is 20.1 Å². The van der Waals surface area contributed by atoms with Gasteiger partial charge in [-0.25, -0.2) is 9.78 Å². The average Bonchev–Trinajstić information content (AvgIpc) is 2.87. The van der Waals surface area contributed by atoms with Crippen molar-refractivity contribution in [2.75, 3.05) is 0 Å². The molecule has 2 aromatic heterocycles. The normalized spacial score (nSPS) is 12.2. The van der Waals surface area contributed by atoms with E-state index >= 15 is 0 Å². The van der Waals surface area contributed by atoms with E-state index in [9.17, 15) is 14.7 Å². The van der Waals surface area contributed by atoms with Gasteiger partial charge in [0.05, 0.1) is 11.9 Å². The molecule has 1 N–H and O–H groups in total. The molecular weight excluding hydrogens is 284 g/mol. The zero-order valence-electron chi connectivity index (χ0n) is 13.7. The second kappa shape index (κ2) is 6.08. The van der Waals surface area contributed by atoms with Gasteiger partial charge in [-0.2, -0.15) is 0 Å². The highest BCUT2D eigenvalue weighted by Crippen LogP contribution is 2.12. The van der Waals surface area contributed by atoms with Crippen molar-refractivity contribution in [2.45, 2.75) is 58.7 Å². The second-order valence-electron chi connectivity index (χ2n) is 6.27. The molecule has 0 aliphatic rings. The molecular formula is C15H24N4O3. The van der Waals surface area contributed by atoms with Crippen molar-refractivity contribution in [1.29, 1.82) is 0 Å². The van der Waals surface area contributed by atoms with E-state index in [-0.39, 0.29) is 11.2 Å². The molecule has 0 amide bonds. The van der Waals surface area contributed by atoms with Gasteiger partial charge in [0.15, 0.2) is 11.2 Å². The van der Waals surface area contributed by atoms with Gasteiger partial charge in [-0.3, -0.25) is 13.9 Å². The third-order valence-electron chi connectivity index (χ3n) is 3.86. The number of aliphatic hydroxyl groups is 1. The van der Waals surface area contributed by atoms with Crippen LogP contribution >= 0.6 is 0 Å². The zero-order chi connectivity index (χ0) is 16.5. The Morgan fingerprint density at radius 1 is 1.27 bits per heavy atom. The molecule has 122 valence electrons. The minimum atomic E-state index is -0.722. The summed E-state index contributed by atoms with van der Waals surface area (Å²) in [5.74, 6) is 0. The lowest BCUT2D eigenvalue weighted by Crippen LogP contribution is -2.39. The Morgan fingerprint density at radius 3 is 2.55 bits per heavy atom. The number of fused-ring (bicyclic) bond motifs is 1. The number of rotatable bonds is 6. The summed E-state index contributed by atoms with van der Waals surface area (Å²) in [6, 6.07) is 0. The van der Waals surface area contributed by atoms with Crippen LogP contribution in [0.25, 0.3) is 11.2 Å². The third-order valence-corrected chi connectivity index (χ3v) is 3.86. The highest BCUT2D eigenvalue weighted by molar-refractivity contribution is 5.69. The molecule has 0 unspecified atom stereocenters. The number of nitrogens with zero attached hydrogens (tertiary/aromatic N) is 4. The highest BCUT2D eigenvalue weighted by atomic mass is 16.3. The molecule has 0 spiro atoms. The number of hydrogen-bond donors (Lipinski definition) is 1. The molecule has 2 rings (SSSR count). The first-order valence-corrected chi connectivity index (χ1v) is 7.63. The second-order valence-corrected chi connectivity index (χ2v) is 6.27. The van der Waals surface area contributed by atoms with E-state index in [0.717, 1.165) is 6.42 Å². The van der Waals surface area contributed by atoms with Crippen LogP contribution in [0.4, 0.5) is 0 Å². The molecule has 0 atom stereocenters. The van der Waals surface area contributed by atoms with Crippen LogP contribution < -0.4 is 11.2 Å². The lowest BCUT2D eigenvalue weighted by Gasteiger charge is -2.16. The van der Waals surface area contributed by atoms with Gasteiger partial charge < -0.3 is 9.67 Å². The fourth-order valence-corrected chi connectivity index (χ4v) is 2.59. The third kappa shape index (κ3) is 3.14. The van der Waals surface area contributed by atoms with E-state index < -0.39 is 5.60 Å². The Labute approximate surface area is 128 Å². The molecule has 0 aliphatic heterocycles. The molecule has 0 bridgehead atoms. The van der Waals surface area contributed by atoms with Crippen molar-refractivity contribution in [3.8, 4) is 0 Å². The van der Waals surface area contributed by atoms with Crippen LogP contribution in [0.5, 0.6) is 0 Å². The first kappa shape index (κ1) is 16.5. The number of aryl methyl sites for hydroxylation is 2. The summed E-state index contributed by atoms with van der Waals surface area (Å²) >= 11 is 0. The van der Waals surface area contributed by atoms with E-state index in [1.165, 1.54) is 9.13 Å². The van der Waals surface area contributed by atoms with Crippen LogP contribution in [0.2, 0.25) is 0 Å². The fraction of sp³-hybridized carbons (Fsp3) is 0.667. The van der Waals surface area contributed by atoms with E-state index in [1.807, 2.05) is 6.92 Å². The smallest absolute Gasteiger partial charge is 0.332 e. The molecule has 7 nitrogen and oxygen atoms in total. The Bertz CT molecular complexity index is 777. The highest BCUT2D eigenvalue weighted by Gasteiger charge is 2.16. The van der Waals surface area contributed by atoms with Gasteiger partial charge in [0.1, 0.15) is 0 Å². The summed E-state index contributed by atoms with van der Waals surface area (Å²) in [5, 5.41) is 9.70. The van der Waals surface area contributed by atoms with E-state index in [2.05, 4.69) is 4.98 Å². The summed E-state index contributed by atoms with van der Waals surface area (Å²) in [5.41, 5.74) is -0.472. The van der Waals surface area contributed by atoms with E-state index in [0.29, 0.717) is 37.1 Å². The maximum Gasteiger partial charge on any atom is 0.332 e. The predicted octanol–water partition coefficient (Wildman–Crippen LogP) is 0.858. The number of hydrogen-bond acceptors (Lipinski definition) is 4. The van der Waals surface area contributed by atoms with Crippen LogP contribution in [0, 0.1) is 0 Å². The summed E-state index contributed by atoms with van der Waals surface area (Å²) < 4.78 is 4.43. The van der Waals surface area contributed by atoms with Crippen molar-refractivity contribution >= 4 is 11.2 Å². The number of imidazole rings is 1. The quantitative estimate of drug-likeness (QED) is 0.802. The van der Waals surface area contributed by atoms with Crippen LogP contribution in [-0.2, 0) is 20.1 Å². The topological polar surface area (TPSA) is 82.1 Å². The molecule has 0 saturated heterocycles. The Kier molecular flexibility index (Phi) is 4.55. The lowest BCUT2D eigenvalue weighted by molar-refractivity contribution is 0.0678. The van der Waals surface area contributed by atoms with Crippen molar-refractivity contribution < 1.29 is 5.11 Å². The van der Waals surface area contributed by atoms with Gasteiger partial charge in [0.25, 0.3) is 5.56 Å². The van der Waals surface area contributed by atoms with Gasteiger partial charge >= 0.3 is 5.69 Å². The molecule has 2 aromatic rings. The van der Waals surface area contributed by atoms with Gasteiger partial charge in [-0.05, 0) is 40.0 Å². The molecule has 0 aromatic carbocycles. The standard InChI is InChI=1S/C15H24N4O3/c1-5-18-10-16-12-11(18)13(20)19(14(21)17(12)4)9-7-6-8-15(2,3)22/h10,22H,5-9H2,1-4H3. The molecule has 22 heavy (non-hydrogen) atoms. The van der Waals surface area contributed by atoms with Crippen molar-refractivity contribution in [3.05, 3.63) is 27.2 Å². The first-order valence-electron chi connectivity index (χ1n) is 7.63. The molecule has 7 heteroatoms. The first-order chi connectivity index (χ1) is 10.3. The van der Waals surface area contributed by atoms with Crippen LogP contribution in [0.1, 0.15) is 40.0 Å². The molecule has 0 saturated carbocycles. The van der Waals surface area contributed by atoms with Crippen molar-refractivity contribution in [2.24, 2.45) is 7.05 Å². The summed E-state index contributed by atoms with van der Waals surface area (Å²) in [7, 11) is 1.63. The van der Waals surface area contributed by atoms with Crippen LogP contribution in [0.15, 0.2) is 15.9 Å². The minimum absolute atomic E-state index is 0.291. The maximum absolute atomic E-state index is 12.6. The van der Waals surface area contributed by atoms with Crippen LogP contribution in [0.3, 0.4) is 0 Å². The SMILES string of the molecule is CCn1cnc2c1c(=O)n(CCCCC(C)(C)O)c(=O)n2C. The summed E-state index contributed by atoms with van der Waals surface area (Å²) in [6.07, 6.45) is 3.65. The lowest BCUT2D eigenvalue weighted by atomic mass is 10.0. The molecule has 0 radical (unpaired) electrons. The Balaban J connectivity index is 2.34. The summed E-state index contributed by atoms with van der Waals surface area (Å²) in [4.78, 5) is 29.1. The van der Waals surface area contributed by atoms with Crippen LogP contribution in [-0.4, -0.2) is 29.4 Å². The predicted molar refractivity (Wildman–Crippen MR) is 85.1 cm³/mol. The van der Waals surface area contributed by atoms with Gasteiger partial charge in [-0.1, -0.05) is 0 Å². The fourth-order valence-electron chi connectivity index (χ4n) is 2.59. The minimum Gasteiger partial charge on any atom is -0.390 e. The molecule has 0 fully saturated rings. The van der Waals surface area contributed by atoms with Gasteiger partial charge in [-0.15, -0.1) is 0 Å². The molecule has 0 aliphatic carbocycles. The largest absolute Gasteiger partial charge is 0.390 e. The monoisotopic (exact) mass is 308 g/mol. The van der Waals surface area contributed by atoms with Crippen molar-refractivity contribution in [1.82, 2.24) is 18.7 Å². The zero-order valence-corrected chi connectivity index (χ0v) is 13.7. The average molecular weight is 308 g/mol. The molecule has 2 heterocycles.